The van der Waals surface area contributed by atoms with E-state index in [0.717, 1.165) is 22.4 Å². The molecule has 0 fully saturated rings. The van der Waals surface area contributed by atoms with Crippen molar-refractivity contribution < 1.29 is 14.6 Å². The molecular weight excluding hydrogens is 330 g/mol. The third-order valence-corrected chi connectivity index (χ3v) is 4.83. The SMILES string of the molecule is COc1cc(C2c3c(nn(C)c3-c3ccccc3)C(=O)N2C)ccc1O. The number of methoxy groups -OCH3 is 1. The summed E-state index contributed by atoms with van der Waals surface area (Å²) in [4.78, 5) is 14.4. The molecule has 26 heavy (non-hydrogen) atoms. The molecule has 1 unspecified atom stereocenters. The number of ether oxygens (including phenoxy) is 1. The highest BCUT2D eigenvalue weighted by Crippen LogP contribution is 2.44. The minimum atomic E-state index is -0.295. The molecule has 6 nitrogen and oxygen atoms in total. The molecule has 2 heterocycles. The Labute approximate surface area is 151 Å². The summed E-state index contributed by atoms with van der Waals surface area (Å²) in [6.07, 6.45) is 0. The number of hydrogen-bond acceptors (Lipinski definition) is 4. The van der Waals surface area contributed by atoms with Crippen molar-refractivity contribution in [1.82, 2.24) is 14.7 Å². The molecule has 0 saturated heterocycles. The number of aromatic nitrogens is 2. The van der Waals surface area contributed by atoms with Gasteiger partial charge in [0.05, 0.1) is 18.8 Å². The maximum atomic E-state index is 12.8. The van der Waals surface area contributed by atoms with Gasteiger partial charge in [-0.15, -0.1) is 0 Å². The summed E-state index contributed by atoms with van der Waals surface area (Å²) < 4.78 is 7.00. The van der Waals surface area contributed by atoms with E-state index < -0.39 is 0 Å². The average Bonchev–Trinajstić information content (AvgIpc) is 3.10. The van der Waals surface area contributed by atoms with Gasteiger partial charge in [-0.25, -0.2) is 0 Å². The Balaban J connectivity index is 1.94. The van der Waals surface area contributed by atoms with E-state index in [1.165, 1.54) is 7.11 Å². The van der Waals surface area contributed by atoms with Crippen LogP contribution in [0.1, 0.15) is 27.7 Å². The summed E-state index contributed by atoms with van der Waals surface area (Å²) in [7, 11) is 5.12. The number of hydrogen-bond donors (Lipinski definition) is 1. The van der Waals surface area contributed by atoms with Crippen LogP contribution >= 0.6 is 0 Å². The predicted molar refractivity (Wildman–Crippen MR) is 97.2 cm³/mol. The number of carbonyl (C=O) groups is 1. The lowest BCUT2D eigenvalue weighted by Crippen LogP contribution is -2.25. The Morgan fingerprint density at radius 2 is 1.85 bits per heavy atom. The van der Waals surface area contributed by atoms with Crippen LogP contribution in [0.3, 0.4) is 0 Å². The Kier molecular flexibility index (Phi) is 3.68. The third-order valence-electron chi connectivity index (χ3n) is 4.83. The zero-order valence-corrected chi connectivity index (χ0v) is 14.8. The van der Waals surface area contributed by atoms with E-state index >= 15 is 0 Å². The molecule has 1 amide bonds. The first-order valence-electron chi connectivity index (χ1n) is 8.29. The zero-order valence-electron chi connectivity index (χ0n) is 14.8. The fourth-order valence-electron chi connectivity index (χ4n) is 3.63. The van der Waals surface area contributed by atoms with Gasteiger partial charge in [0.2, 0.25) is 0 Å². The van der Waals surface area contributed by atoms with E-state index in [1.807, 2.05) is 43.4 Å². The molecule has 4 rings (SSSR count). The second-order valence-corrected chi connectivity index (χ2v) is 6.35. The number of carbonyl (C=O) groups excluding carboxylic acids is 1. The van der Waals surface area contributed by atoms with Gasteiger partial charge in [0, 0.05) is 25.2 Å². The fourth-order valence-corrected chi connectivity index (χ4v) is 3.63. The molecule has 2 aromatic carbocycles. The molecule has 1 atom stereocenters. The van der Waals surface area contributed by atoms with Gasteiger partial charge in [0.15, 0.2) is 17.2 Å². The zero-order chi connectivity index (χ0) is 18.4. The number of aryl methyl sites for hydroxylation is 1. The topological polar surface area (TPSA) is 67.6 Å². The normalized spacial score (nSPS) is 16.0. The first-order chi connectivity index (χ1) is 12.5. The van der Waals surface area contributed by atoms with Crippen LogP contribution in [0, 0.1) is 0 Å². The minimum Gasteiger partial charge on any atom is -0.504 e. The molecule has 1 aromatic heterocycles. The molecule has 0 bridgehead atoms. The van der Waals surface area contributed by atoms with E-state index in [9.17, 15) is 9.90 Å². The first-order valence-corrected chi connectivity index (χ1v) is 8.29. The van der Waals surface area contributed by atoms with E-state index in [0.29, 0.717) is 11.4 Å². The number of benzene rings is 2. The van der Waals surface area contributed by atoms with Gasteiger partial charge in [-0.2, -0.15) is 5.10 Å². The summed E-state index contributed by atoms with van der Waals surface area (Å²) in [5, 5.41) is 14.4. The summed E-state index contributed by atoms with van der Waals surface area (Å²) in [5.41, 5.74) is 4.11. The molecule has 0 spiro atoms. The molecular formula is C20H19N3O3. The van der Waals surface area contributed by atoms with Crippen LogP contribution in [0.2, 0.25) is 0 Å². The molecule has 1 aliphatic heterocycles. The molecule has 0 radical (unpaired) electrons. The van der Waals surface area contributed by atoms with E-state index in [4.69, 9.17) is 4.74 Å². The molecule has 132 valence electrons. The third kappa shape index (κ3) is 2.26. The van der Waals surface area contributed by atoms with Crippen LogP contribution < -0.4 is 4.74 Å². The van der Waals surface area contributed by atoms with Crippen LogP contribution in [-0.4, -0.2) is 39.9 Å². The number of phenolic OH excluding ortho intramolecular Hbond substituents is 1. The van der Waals surface area contributed by atoms with Gasteiger partial charge >= 0.3 is 0 Å². The minimum absolute atomic E-state index is 0.0675. The van der Waals surface area contributed by atoms with E-state index in [-0.39, 0.29) is 17.7 Å². The van der Waals surface area contributed by atoms with E-state index in [2.05, 4.69) is 5.10 Å². The quantitative estimate of drug-likeness (QED) is 0.789. The van der Waals surface area contributed by atoms with Crippen LogP contribution in [0.5, 0.6) is 11.5 Å². The van der Waals surface area contributed by atoms with Crippen LogP contribution in [0.4, 0.5) is 0 Å². The Hall–Kier alpha value is -3.28. The second kappa shape index (κ2) is 5.91. The lowest BCUT2D eigenvalue weighted by molar-refractivity contribution is 0.0786. The molecule has 0 aliphatic carbocycles. The van der Waals surface area contributed by atoms with Crippen molar-refractivity contribution >= 4 is 5.91 Å². The monoisotopic (exact) mass is 349 g/mol. The number of nitrogens with zero attached hydrogens (tertiary/aromatic N) is 3. The molecule has 1 N–H and O–H groups in total. The average molecular weight is 349 g/mol. The van der Waals surface area contributed by atoms with Gasteiger partial charge in [-0.1, -0.05) is 36.4 Å². The number of phenols is 1. The standard InChI is InChI=1S/C20H19N3O3/c1-22-18(13-9-10-14(24)15(11-13)26-3)16-17(20(22)25)21-23(2)19(16)12-7-5-4-6-8-12/h4-11,18,24H,1-3H3. The number of fused-ring (bicyclic) bond motifs is 1. The fraction of sp³-hybridized carbons (Fsp3) is 0.200. The lowest BCUT2D eigenvalue weighted by atomic mass is 9.96. The number of aromatic hydroxyl groups is 1. The first kappa shape index (κ1) is 16.2. The summed E-state index contributed by atoms with van der Waals surface area (Å²) in [6, 6.07) is 14.8. The van der Waals surface area contributed by atoms with Gasteiger partial charge < -0.3 is 14.7 Å². The Bertz CT molecular complexity index is 995. The smallest absolute Gasteiger partial charge is 0.275 e. The summed E-state index contributed by atoms with van der Waals surface area (Å²) in [6.45, 7) is 0. The highest BCUT2D eigenvalue weighted by atomic mass is 16.5. The van der Waals surface area contributed by atoms with Crippen molar-refractivity contribution in [2.75, 3.05) is 14.2 Å². The highest BCUT2D eigenvalue weighted by molar-refractivity contribution is 6.00. The number of amides is 1. The van der Waals surface area contributed by atoms with Crippen LogP contribution in [0.25, 0.3) is 11.3 Å². The Morgan fingerprint density at radius 1 is 1.12 bits per heavy atom. The van der Waals surface area contributed by atoms with Gasteiger partial charge in [-0.05, 0) is 17.7 Å². The van der Waals surface area contributed by atoms with Crippen molar-refractivity contribution in [1.29, 1.82) is 0 Å². The van der Waals surface area contributed by atoms with Crippen LogP contribution in [-0.2, 0) is 7.05 Å². The van der Waals surface area contributed by atoms with Crippen molar-refractivity contribution in [2.24, 2.45) is 7.05 Å². The van der Waals surface area contributed by atoms with Gasteiger partial charge in [0.1, 0.15) is 0 Å². The van der Waals surface area contributed by atoms with Crippen molar-refractivity contribution in [2.45, 2.75) is 6.04 Å². The van der Waals surface area contributed by atoms with Gasteiger partial charge in [0.25, 0.3) is 5.91 Å². The van der Waals surface area contributed by atoms with Gasteiger partial charge in [-0.3, -0.25) is 9.48 Å². The molecule has 6 heteroatoms. The second-order valence-electron chi connectivity index (χ2n) is 6.35. The molecule has 0 saturated carbocycles. The predicted octanol–water partition coefficient (Wildman–Crippen LogP) is 2.98. The van der Waals surface area contributed by atoms with Crippen molar-refractivity contribution in [3.05, 3.63) is 65.4 Å². The number of rotatable bonds is 3. The van der Waals surface area contributed by atoms with Crippen LogP contribution in [0.15, 0.2) is 48.5 Å². The summed E-state index contributed by atoms with van der Waals surface area (Å²) in [5.74, 6) is 0.328. The van der Waals surface area contributed by atoms with E-state index in [1.54, 1.807) is 28.8 Å². The Morgan fingerprint density at radius 3 is 2.54 bits per heavy atom. The van der Waals surface area contributed by atoms with Crippen molar-refractivity contribution in [3.63, 3.8) is 0 Å². The highest BCUT2D eigenvalue weighted by Gasteiger charge is 2.41. The molecule has 1 aliphatic rings. The maximum absolute atomic E-state index is 12.8. The largest absolute Gasteiger partial charge is 0.504 e. The molecule has 3 aromatic rings. The summed E-state index contributed by atoms with van der Waals surface area (Å²) >= 11 is 0. The lowest BCUT2D eigenvalue weighted by Gasteiger charge is -2.23. The van der Waals surface area contributed by atoms with Crippen molar-refractivity contribution in [3.8, 4) is 22.8 Å². The maximum Gasteiger partial charge on any atom is 0.275 e.